The van der Waals surface area contributed by atoms with Crippen molar-refractivity contribution in [1.29, 1.82) is 0 Å². The average Bonchev–Trinajstić information content (AvgIpc) is 3.27. The van der Waals surface area contributed by atoms with Crippen molar-refractivity contribution in [3.05, 3.63) is 35.9 Å². The van der Waals surface area contributed by atoms with E-state index in [-0.39, 0.29) is 17.9 Å². The summed E-state index contributed by atoms with van der Waals surface area (Å²) in [4.78, 5) is 26.6. The molecule has 20 heavy (non-hydrogen) atoms. The van der Waals surface area contributed by atoms with Crippen molar-refractivity contribution in [2.24, 2.45) is 5.92 Å². The van der Waals surface area contributed by atoms with Crippen molar-refractivity contribution >= 4 is 11.8 Å². The number of amides is 2. The van der Waals surface area contributed by atoms with Crippen LogP contribution in [0.2, 0.25) is 0 Å². The molecule has 0 radical (unpaired) electrons. The maximum Gasteiger partial charge on any atom is 0.246 e. The monoisotopic (exact) mass is 272 g/mol. The van der Waals surface area contributed by atoms with E-state index in [2.05, 4.69) is 5.32 Å². The molecule has 1 aliphatic heterocycles. The second-order valence-corrected chi connectivity index (χ2v) is 5.66. The fourth-order valence-corrected chi connectivity index (χ4v) is 3.02. The molecule has 0 spiro atoms. The molecule has 2 atom stereocenters. The number of rotatable bonds is 4. The molecule has 1 saturated carbocycles. The Morgan fingerprint density at radius 3 is 2.50 bits per heavy atom. The van der Waals surface area contributed by atoms with Crippen molar-refractivity contribution in [3.63, 3.8) is 0 Å². The summed E-state index contributed by atoms with van der Waals surface area (Å²) in [7, 11) is 0. The number of benzene rings is 1. The molecular formula is C16H20N2O2. The Kier molecular flexibility index (Phi) is 3.47. The number of nitrogens with zero attached hydrogens (tertiary/aromatic N) is 1. The zero-order valence-corrected chi connectivity index (χ0v) is 11.7. The van der Waals surface area contributed by atoms with Gasteiger partial charge < -0.3 is 10.2 Å². The van der Waals surface area contributed by atoms with Crippen LogP contribution in [0.5, 0.6) is 0 Å². The van der Waals surface area contributed by atoms with Crippen LogP contribution in [0.3, 0.4) is 0 Å². The Balaban J connectivity index is 1.76. The third kappa shape index (κ3) is 2.42. The SMILES string of the molecule is CCN1C(=O)C(Cc2ccccc2)NC(=O)C1C1CC1. The fourth-order valence-electron chi connectivity index (χ4n) is 3.02. The van der Waals surface area contributed by atoms with Gasteiger partial charge in [0.15, 0.2) is 0 Å². The first-order chi connectivity index (χ1) is 9.70. The molecule has 0 bridgehead atoms. The molecule has 1 heterocycles. The van der Waals surface area contributed by atoms with Gasteiger partial charge in [0, 0.05) is 13.0 Å². The predicted octanol–water partition coefficient (Wildman–Crippen LogP) is 1.35. The second kappa shape index (κ2) is 5.27. The maximum absolute atomic E-state index is 12.6. The Bertz CT molecular complexity index is 510. The van der Waals surface area contributed by atoms with Gasteiger partial charge in [-0.1, -0.05) is 30.3 Å². The first kappa shape index (κ1) is 13.2. The van der Waals surface area contributed by atoms with Crippen molar-refractivity contribution in [2.75, 3.05) is 6.54 Å². The molecule has 2 amide bonds. The lowest BCUT2D eigenvalue weighted by Gasteiger charge is -2.38. The van der Waals surface area contributed by atoms with Gasteiger partial charge >= 0.3 is 0 Å². The minimum atomic E-state index is -0.417. The normalized spacial score (nSPS) is 26.6. The Labute approximate surface area is 119 Å². The van der Waals surface area contributed by atoms with E-state index in [0.29, 0.717) is 18.9 Å². The summed E-state index contributed by atoms with van der Waals surface area (Å²) in [6.45, 7) is 2.56. The molecule has 4 nitrogen and oxygen atoms in total. The molecule has 2 aliphatic rings. The molecule has 1 aromatic rings. The van der Waals surface area contributed by atoms with Crippen molar-refractivity contribution < 1.29 is 9.59 Å². The number of carbonyl (C=O) groups is 2. The number of hydrogen-bond acceptors (Lipinski definition) is 2. The lowest BCUT2D eigenvalue weighted by atomic mass is 9.98. The highest BCUT2D eigenvalue weighted by molar-refractivity contribution is 5.97. The average molecular weight is 272 g/mol. The van der Waals surface area contributed by atoms with E-state index in [1.54, 1.807) is 4.90 Å². The van der Waals surface area contributed by atoms with Crippen LogP contribution in [0.15, 0.2) is 30.3 Å². The fraction of sp³-hybridized carbons (Fsp3) is 0.500. The minimum Gasteiger partial charge on any atom is -0.342 e. The van der Waals surface area contributed by atoms with Crippen molar-refractivity contribution in [1.82, 2.24) is 10.2 Å². The Hall–Kier alpha value is -1.84. The van der Waals surface area contributed by atoms with E-state index in [1.165, 1.54) is 0 Å². The van der Waals surface area contributed by atoms with E-state index < -0.39 is 6.04 Å². The maximum atomic E-state index is 12.6. The highest BCUT2D eigenvalue weighted by atomic mass is 16.2. The Morgan fingerprint density at radius 2 is 1.90 bits per heavy atom. The largest absolute Gasteiger partial charge is 0.342 e. The summed E-state index contributed by atoms with van der Waals surface area (Å²) >= 11 is 0. The lowest BCUT2D eigenvalue weighted by Crippen LogP contribution is -2.64. The standard InChI is InChI=1S/C16H20N2O2/c1-2-18-14(12-8-9-12)15(19)17-13(16(18)20)10-11-6-4-3-5-7-11/h3-7,12-14H,2,8-10H2,1H3,(H,17,19). The minimum absolute atomic E-state index is 0.0230. The smallest absolute Gasteiger partial charge is 0.246 e. The highest BCUT2D eigenvalue weighted by Crippen LogP contribution is 2.37. The molecule has 1 saturated heterocycles. The van der Waals surface area contributed by atoms with Gasteiger partial charge in [-0.15, -0.1) is 0 Å². The second-order valence-electron chi connectivity index (χ2n) is 5.66. The van der Waals surface area contributed by atoms with Gasteiger partial charge in [-0.2, -0.15) is 0 Å². The predicted molar refractivity (Wildman–Crippen MR) is 76.0 cm³/mol. The molecule has 2 fully saturated rings. The zero-order chi connectivity index (χ0) is 14.1. The highest BCUT2D eigenvalue weighted by Gasteiger charge is 2.47. The Morgan fingerprint density at radius 1 is 1.20 bits per heavy atom. The van der Waals surface area contributed by atoms with Gasteiger partial charge in [0.2, 0.25) is 11.8 Å². The molecule has 0 aromatic heterocycles. The quantitative estimate of drug-likeness (QED) is 0.899. The van der Waals surface area contributed by atoms with E-state index in [1.807, 2.05) is 37.3 Å². The number of nitrogens with one attached hydrogen (secondary N) is 1. The summed E-state index contributed by atoms with van der Waals surface area (Å²) < 4.78 is 0. The lowest BCUT2D eigenvalue weighted by molar-refractivity contribution is -0.149. The van der Waals surface area contributed by atoms with Crippen LogP contribution in [0, 0.1) is 5.92 Å². The van der Waals surface area contributed by atoms with Crippen LogP contribution in [0.25, 0.3) is 0 Å². The van der Waals surface area contributed by atoms with E-state index in [4.69, 9.17) is 0 Å². The van der Waals surface area contributed by atoms with Gasteiger partial charge in [-0.3, -0.25) is 9.59 Å². The summed E-state index contributed by atoms with van der Waals surface area (Å²) in [5.74, 6) is 0.458. The van der Waals surface area contributed by atoms with Crippen molar-refractivity contribution in [3.8, 4) is 0 Å². The molecule has 1 aliphatic carbocycles. The van der Waals surface area contributed by atoms with Crippen molar-refractivity contribution in [2.45, 2.75) is 38.3 Å². The van der Waals surface area contributed by atoms with Crippen LogP contribution >= 0.6 is 0 Å². The van der Waals surface area contributed by atoms with Gasteiger partial charge in [-0.25, -0.2) is 0 Å². The molecule has 2 unspecified atom stereocenters. The first-order valence-corrected chi connectivity index (χ1v) is 7.35. The number of hydrogen-bond donors (Lipinski definition) is 1. The van der Waals surface area contributed by atoms with Gasteiger partial charge in [0.25, 0.3) is 0 Å². The van der Waals surface area contributed by atoms with E-state index in [9.17, 15) is 9.59 Å². The zero-order valence-electron chi connectivity index (χ0n) is 11.7. The summed E-state index contributed by atoms with van der Waals surface area (Å²) in [5, 5.41) is 2.92. The molecule has 4 heteroatoms. The van der Waals surface area contributed by atoms with Gasteiger partial charge in [-0.05, 0) is 31.2 Å². The first-order valence-electron chi connectivity index (χ1n) is 7.35. The van der Waals surface area contributed by atoms with Crippen LogP contribution < -0.4 is 5.32 Å². The molecule has 106 valence electrons. The van der Waals surface area contributed by atoms with Crippen LogP contribution in [-0.2, 0) is 16.0 Å². The van der Waals surface area contributed by atoms with Crippen LogP contribution in [0.1, 0.15) is 25.3 Å². The molecule has 1 N–H and O–H groups in total. The number of piperazine rings is 1. The number of likely N-dealkylation sites (N-methyl/N-ethyl adjacent to an activating group) is 1. The van der Waals surface area contributed by atoms with Gasteiger partial charge in [0.05, 0.1) is 0 Å². The summed E-state index contributed by atoms with van der Waals surface area (Å²) in [6, 6.07) is 9.18. The van der Waals surface area contributed by atoms with E-state index >= 15 is 0 Å². The van der Waals surface area contributed by atoms with Crippen LogP contribution in [-0.4, -0.2) is 35.3 Å². The van der Waals surface area contributed by atoms with Crippen LogP contribution in [0.4, 0.5) is 0 Å². The van der Waals surface area contributed by atoms with Gasteiger partial charge in [0.1, 0.15) is 12.1 Å². The summed E-state index contributed by atoms with van der Waals surface area (Å²) in [5.41, 5.74) is 1.08. The molecular weight excluding hydrogens is 252 g/mol. The number of carbonyl (C=O) groups excluding carboxylic acids is 2. The third-order valence-corrected chi connectivity index (χ3v) is 4.19. The summed E-state index contributed by atoms with van der Waals surface area (Å²) in [6.07, 6.45) is 2.69. The third-order valence-electron chi connectivity index (χ3n) is 4.19. The molecule has 3 rings (SSSR count). The molecule has 1 aromatic carbocycles. The topological polar surface area (TPSA) is 49.4 Å². The van der Waals surface area contributed by atoms with E-state index in [0.717, 1.165) is 18.4 Å².